The van der Waals surface area contributed by atoms with Crippen LogP contribution in [-0.2, 0) is 4.79 Å². The Morgan fingerprint density at radius 2 is 1.75 bits per heavy atom. The number of nitrogens with one attached hydrogen (secondary N) is 1. The maximum atomic E-state index is 11.9. The van der Waals surface area contributed by atoms with Gasteiger partial charge in [0, 0.05) is 33.1 Å². The van der Waals surface area contributed by atoms with Crippen LogP contribution in [0.4, 0.5) is 4.79 Å². The zero-order valence-electron chi connectivity index (χ0n) is 9.22. The van der Waals surface area contributed by atoms with E-state index in [2.05, 4.69) is 4.98 Å². The SMILES string of the molecule is CC(=O)N1CCN(C(=O)n2cc[nH+]c2)CC1. The van der Waals surface area contributed by atoms with Crippen molar-refractivity contribution in [3.05, 3.63) is 18.7 Å². The third-order valence-electron chi connectivity index (χ3n) is 2.76. The van der Waals surface area contributed by atoms with E-state index < -0.39 is 0 Å². The molecule has 6 heteroatoms. The van der Waals surface area contributed by atoms with Crippen molar-refractivity contribution in [3.8, 4) is 0 Å². The molecule has 1 N–H and O–H groups in total. The van der Waals surface area contributed by atoms with Crippen molar-refractivity contribution in [3.63, 3.8) is 0 Å². The topological polar surface area (TPSA) is 59.7 Å². The molecule has 16 heavy (non-hydrogen) atoms. The molecule has 0 radical (unpaired) electrons. The second-order valence-electron chi connectivity index (χ2n) is 3.79. The van der Waals surface area contributed by atoms with Crippen molar-refractivity contribution >= 4 is 11.9 Å². The first-order chi connectivity index (χ1) is 7.68. The van der Waals surface area contributed by atoms with Crippen molar-refractivity contribution in [2.75, 3.05) is 26.2 Å². The molecular weight excluding hydrogens is 208 g/mol. The number of carbonyl (C=O) groups is 2. The number of nitrogens with zero attached hydrogens (tertiary/aromatic N) is 3. The number of aromatic amines is 1. The Kier molecular flexibility index (Phi) is 2.89. The van der Waals surface area contributed by atoms with Gasteiger partial charge in [-0.1, -0.05) is 0 Å². The van der Waals surface area contributed by atoms with Gasteiger partial charge in [-0.05, 0) is 0 Å². The highest BCUT2D eigenvalue weighted by molar-refractivity contribution is 5.77. The average Bonchev–Trinajstić information content (AvgIpc) is 2.81. The maximum Gasteiger partial charge on any atom is 0.415 e. The first kappa shape index (κ1) is 10.7. The Morgan fingerprint density at radius 1 is 1.12 bits per heavy atom. The second kappa shape index (κ2) is 4.34. The van der Waals surface area contributed by atoms with Crippen LogP contribution in [0, 0.1) is 0 Å². The predicted molar refractivity (Wildman–Crippen MR) is 55.6 cm³/mol. The molecule has 2 amide bonds. The van der Waals surface area contributed by atoms with E-state index in [1.807, 2.05) is 0 Å². The van der Waals surface area contributed by atoms with Gasteiger partial charge in [0.05, 0.1) is 0 Å². The summed E-state index contributed by atoms with van der Waals surface area (Å²) >= 11 is 0. The molecule has 6 nitrogen and oxygen atoms in total. The average molecular weight is 223 g/mol. The standard InChI is InChI=1S/C10H14N4O2/c1-9(15)12-4-6-13(7-5-12)10(16)14-3-2-11-8-14/h2-3,8H,4-7H2,1H3/p+1. The highest BCUT2D eigenvalue weighted by Crippen LogP contribution is 2.04. The number of amides is 2. The zero-order chi connectivity index (χ0) is 11.5. The molecule has 2 heterocycles. The van der Waals surface area contributed by atoms with E-state index in [0.717, 1.165) is 0 Å². The molecule has 1 aliphatic heterocycles. The Hall–Kier alpha value is -1.85. The smallest absolute Gasteiger partial charge is 0.339 e. The fraction of sp³-hybridized carbons (Fsp3) is 0.500. The molecule has 1 saturated heterocycles. The minimum absolute atomic E-state index is 0.0514. The fourth-order valence-corrected chi connectivity index (χ4v) is 1.78. The molecular formula is C10H15N4O2+. The summed E-state index contributed by atoms with van der Waals surface area (Å²) in [6, 6.07) is -0.0514. The molecule has 86 valence electrons. The van der Waals surface area contributed by atoms with Gasteiger partial charge in [-0.15, -0.1) is 0 Å². The van der Waals surface area contributed by atoms with Crippen molar-refractivity contribution < 1.29 is 14.6 Å². The number of hydrogen-bond acceptors (Lipinski definition) is 2. The third kappa shape index (κ3) is 2.05. The van der Waals surface area contributed by atoms with Crippen LogP contribution < -0.4 is 4.98 Å². The summed E-state index contributed by atoms with van der Waals surface area (Å²) in [5.41, 5.74) is 0. The maximum absolute atomic E-state index is 11.9. The minimum atomic E-state index is -0.0514. The summed E-state index contributed by atoms with van der Waals surface area (Å²) in [6.45, 7) is 3.98. The van der Waals surface area contributed by atoms with Gasteiger partial charge in [0.1, 0.15) is 12.4 Å². The summed E-state index contributed by atoms with van der Waals surface area (Å²) in [7, 11) is 0. The van der Waals surface area contributed by atoms with Gasteiger partial charge in [0.15, 0.2) is 0 Å². The van der Waals surface area contributed by atoms with Crippen molar-refractivity contribution in [2.45, 2.75) is 6.92 Å². The molecule has 0 aromatic carbocycles. The quantitative estimate of drug-likeness (QED) is 0.591. The number of H-pyrrole nitrogens is 1. The molecule has 0 unspecified atom stereocenters. The van der Waals surface area contributed by atoms with E-state index in [1.165, 1.54) is 4.57 Å². The Labute approximate surface area is 93.5 Å². The van der Waals surface area contributed by atoms with E-state index in [4.69, 9.17) is 0 Å². The monoisotopic (exact) mass is 223 g/mol. The van der Waals surface area contributed by atoms with Crippen LogP contribution in [0.25, 0.3) is 0 Å². The molecule has 0 atom stereocenters. The van der Waals surface area contributed by atoms with Crippen molar-refractivity contribution in [1.29, 1.82) is 0 Å². The lowest BCUT2D eigenvalue weighted by Gasteiger charge is -2.32. The molecule has 1 aromatic rings. The number of aromatic nitrogens is 2. The van der Waals surface area contributed by atoms with Gasteiger partial charge >= 0.3 is 6.03 Å². The second-order valence-corrected chi connectivity index (χ2v) is 3.79. The van der Waals surface area contributed by atoms with Crippen LogP contribution in [0.1, 0.15) is 6.92 Å². The molecule has 0 aliphatic carbocycles. The molecule has 2 rings (SSSR count). The first-order valence-electron chi connectivity index (χ1n) is 5.27. The van der Waals surface area contributed by atoms with E-state index in [9.17, 15) is 9.59 Å². The van der Waals surface area contributed by atoms with Crippen LogP contribution in [0.2, 0.25) is 0 Å². The molecule has 1 fully saturated rings. The molecule has 0 bridgehead atoms. The zero-order valence-corrected chi connectivity index (χ0v) is 9.22. The highest BCUT2D eigenvalue weighted by Gasteiger charge is 2.25. The third-order valence-corrected chi connectivity index (χ3v) is 2.76. The molecule has 0 spiro atoms. The van der Waals surface area contributed by atoms with Crippen LogP contribution >= 0.6 is 0 Å². The normalized spacial score (nSPS) is 16.3. The number of rotatable bonds is 0. The Balaban J connectivity index is 1.94. The Morgan fingerprint density at radius 3 is 2.25 bits per heavy atom. The van der Waals surface area contributed by atoms with Crippen molar-refractivity contribution in [1.82, 2.24) is 14.4 Å². The van der Waals surface area contributed by atoms with Gasteiger partial charge in [-0.3, -0.25) is 4.79 Å². The van der Waals surface area contributed by atoms with E-state index >= 15 is 0 Å². The van der Waals surface area contributed by atoms with Crippen molar-refractivity contribution in [2.24, 2.45) is 0 Å². The van der Waals surface area contributed by atoms with Gasteiger partial charge in [-0.2, -0.15) is 4.57 Å². The fourth-order valence-electron chi connectivity index (χ4n) is 1.78. The van der Waals surface area contributed by atoms with Crippen LogP contribution in [0.5, 0.6) is 0 Å². The summed E-state index contributed by atoms with van der Waals surface area (Å²) < 4.78 is 1.50. The van der Waals surface area contributed by atoms with E-state index in [1.54, 1.807) is 35.4 Å². The van der Waals surface area contributed by atoms with Gasteiger partial charge < -0.3 is 9.80 Å². The number of piperazine rings is 1. The van der Waals surface area contributed by atoms with Crippen LogP contribution in [0.3, 0.4) is 0 Å². The van der Waals surface area contributed by atoms with E-state index in [0.29, 0.717) is 26.2 Å². The lowest BCUT2D eigenvalue weighted by Crippen LogP contribution is -2.51. The largest absolute Gasteiger partial charge is 0.415 e. The highest BCUT2D eigenvalue weighted by atomic mass is 16.2. The van der Waals surface area contributed by atoms with E-state index in [-0.39, 0.29) is 11.9 Å². The molecule has 0 saturated carbocycles. The van der Waals surface area contributed by atoms with Gasteiger partial charge in [0.25, 0.3) is 6.33 Å². The van der Waals surface area contributed by atoms with Gasteiger partial charge in [-0.25, -0.2) is 9.78 Å². The first-order valence-corrected chi connectivity index (χ1v) is 5.27. The molecule has 1 aromatic heterocycles. The summed E-state index contributed by atoms with van der Waals surface area (Å²) in [5, 5.41) is 0. The number of hydrogen-bond donors (Lipinski definition) is 0. The lowest BCUT2D eigenvalue weighted by molar-refractivity contribution is -0.376. The van der Waals surface area contributed by atoms with Gasteiger partial charge in [0.2, 0.25) is 5.91 Å². The minimum Gasteiger partial charge on any atom is -0.339 e. The lowest BCUT2D eigenvalue weighted by atomic mass is 10.3. The summed E-state index contributed by atoms with van der Waals surface area (Å²) in [6.07, 6.45) is 4.99. The number of imidazole rings is 1. The summed E-state index contributed by atoms with van der Waals surface area (Å²) in [5.74, 6) is 0.0707. The predicted octanol–water partition coefficient (Wildman–Crippen LogP) is -0.566. The summed E-state index contributed by atoms with van der Waals surface area (Å²) in [4.78, 5) is 29.3. The Bertz CT molecular complexity index is 380. The number of carbonyl (C=O) groups excluding carboxylic acids is 2. The van der Waals surface area contributed by atoms with Crippen LogP contribution in [0.15, 0.2) is 18.7 Å². The molecule has 1 aliphatic rings. The van der Waals surface area contributed by atoms with Crippen LogP contribution in [-0.4, -0.2) is 52.5 Å².